The summed E-state index contributed by atoms with van der Waals surface area (Å²) >= 11 is 12.4. The molecule has 0 atom stereocenters. The van der Waals surface area contributed by atoms with E-state index in [9.17, 15) is 4.79 Å². The van der Waals surface area contributed by atoms with Crippen LogP contribution in [0, 0.1) is 6.92 Å². The molecule has 0 fully saturated rings. The number of fused-ring (bicyclic) bond motifs is 3. The molecule has 0 aliphatic rings. The molecule has 0 amide bonds. The summed E-state index contributed by atoms with van der Waals surface area (Å²) in [5.41, 5.74) is 2.91. The number of aromatic amines is 1. The van der Waals surface area contributed by atoms with E-state index < -0.39 is 0 Å². The summed E-state index contributed by atoms with van der Waals surface area (Å²) in [5.74, 6) is 0. The fourth-order valence-electron chi connectivity index (χ4n) is 2.72. The van der Waals surface area contributed by atoms with E-state index in [-0.39, 0.29) is 5.56 Å². The second-order valence-corrected chi connectivity index (χ2v) is 6.01. The first-order valence-electron chi connectivity index (χ1n) is 6.88. The van der Waals surface area contributed by atoms with Crippen molar-refractivity contribution in [3.8, 4) is 5.69 Å². The van der Waals surface area contributed by atoms with Crippen LogP contribution in [0.25, 0.3) is 27.6 Å². The lowest BCUT2D eigenvalue weighted by atomic mass is 10.2. The van der Waals surface area contributed by atoms with E-state index in [1.807, 2.05) is 0 Å². The maximum Gasteiger partial charge on any atom is 0.259 e. The molecule has 0 radical (unpaired) electrons. The predicted molar refractivity (Wildman–Crippen MR) is 91.7 cm³/mol. The van der Waals surface area contributed by atoms with Crippen LogP contribution in [0.15, 0.2) is 41.3 Å². The van der Waals surface area contributed by atoms with E-state index in [2.05, 4.69) is 15.1 Å². The zero-order chi connectivity index (χ0) is 16.1. The third-order valence-electron chi connectivity index (χ3n) is 3.70. The largest absolute Gasteiger partial charge is 0.320 e. The fraction of sp³-hybridized carbons (Fsp3) is 0.0625. The Morgan fingerprint density at radius 3 is 2.87 bits per heavy atom. The van der Waals surface area contributed by atoms with Crippen LogP contribution in [0.4, 0.5) is 0 Å². The van der Waals surface area contributed by atoms with E-state index >= 15 is 0 Å². The highest BCUT2D eigenvalue weighted by Gasteiger charge is 2.18. The van der Waals surface area contributed by atoms with Gasteiger partial charge in [-0.15, -0.1) is 0 Å². The maximum atomic E-state index is 12.4. The van der Waals surface area contributed by atoms with Gasteiger partial charge in [0.2, 0.25) is 0 Å². The molecule has 0 aliphatic carbocycles. The van der Waals surface area contributed by atoms with Crippen LogP contribution in [0.1, 0.15) is 5.69 Å². The van der Waals surface area contributed by atoms with Gasteiger partial charge >= 0.3 is 0 Å². The zero-order valence-electron chi connectivity index (χ0n) is 12.0. The summed E-state index contributed by atoms with van der Waals surface area (Å²) in [6.07, 6.45) is 1.67. The van der Waals surface area contributed by atoms with Crippen molar-refractivity contribution >= 4 is 45.1 Å². The van der Waals surface area contributed by atoms with Gasteiger partial charge in [0.05, 0.1) is 27.3 Å². The number of H-pyrrole nitrogens is 1. The van der Waals surface area contributed by atoms with Gasteiger partial charge in [-0.2, -0.15) is 5.10 Å². The summed E-state index contributed by atoms with van der Waals surface area (Å²) in [7, 11) is 0. The highest BCUT2D eigenvalue weighted by Crippen LogP contribution is 2.29. The molecule has 4 aromatic rings. The number of nitrogens with one attached hydrogen (secondary N) is 1. The van der Waals surface area contributed by atoms with Gasteiger partial charge in [-0.25, -0.2) is 4.68 Å². The van der Waals surface area contributed by atoms with Crippen LogP contribution in [0.2, 0.25) is 10.0 Å². The molecule has 3 heterocycles. The van der Waals surface area contributed by atoms with Crippen molar-refractivity contribution in [1.29, 1.82) is 0 Å². The van der Waals surface area contributed by atoms with Crippen LogP contribution < -0.4 is 5.56 Å². The lowest BCUT2D eigenvalue weighted by Crippen LogP contribution is -2.08. The van der Waals surface area contributed by atoms with Crippen molar-refractivity contribution in [2.24, 2.45) is 0 Å². The summed E-state index contributed by atoms with van der Waals surface area (Å²) in [6, 6.07) is 8.69. The molecular weight excluding hydrogens is 335 g/mol. The summed E-state index contributed by atoms with van der Waals surface area (Å²) in [4.78, 5) is 19.6. The van der Waals surface area contributed by atoms with E-state index in [0.717, 1.165) is 0 Å². The molecule has 114 valence electrons. The highest BCUT2D eigenvalue weighted by molar-refractivity contribution is 6.34. The molecule has 4 rings (SSSR count). The normalized spacial score (nSPS) is 11.4. The van der Waals surface area contributed by atoms with Crippen LogP contribution >= 0.6 is 23.2 Å². The molecule has 5 nitrogen and oxygen atoms in total. The molecule has 0 saturated carbocycles. The number of aryl methyl sites for hydroxylation is 1. The Balaban J connectivity index is 2.25. The quantitative estimate of drug-likeness (QED) is 0.569. The Morgan fingerprint density at radius 2 is 2.04 bits per heavy atom. The SMILES string of the molecule is Cc1nn(-c2cc(Cl)ccc2Cl)c2c1c(=O)[nH]c1cccnc12. The average Bonchev–Trinajstić information content (AvgIpc) is 2.88. The number of benzene rings is 1. The van der Waals surface area contributed by atoms with Gasteiger partial charge in [0, 0.05) is 11.2 Å². The number of halogens is 2. The van der Waals surface area contributed by atoms with E-state index in [0.29, 0.717) is 43.4 Å². The minimum Gasteiger partial charge on any atom is -0.320 e. The molecule has 0 unspecified atom stereocenters. The van der Waals surface area contributed by atoms with Crippen molar-refractivity contribution in [3.05, 3.63) is 62.6 Å². The Hall–Kier alpha value is -2.37. The number of hydrogen-bond donors (Lipinski definition) is 1. The van der Waals surface area contributed by atoms with Crippen LogP contribution in [0.5, 0.6) is 0 Å². The Labute approximate surface area is 140 Å². The Bertz CT molecular complexity index is 1130. The van der Waals surface area contributed by atoms with E-state index in [4.69, 9.17) is 23.2 Å². The van der Waals surface area contributed by atoms with Crippen LogP contribution in [0.3, 0.4) is 0 Å². The van der Waals surface area contributed by atoms with Crippen molar-refractivity contribution in [2.45, 2.75) is 6.92 Å². The van der Waals surface area contributed by atoms with Crippen LogP contribution in [-0.4, -0.2) is 19.7 Å². The Morgan fingerprint density at radius 1 is 1.22 bits per heavy atom. The van der Waals surface area contributed by atoms with Crippen molar-refractivity contribution in [3.63, 3.8) is 0 Å². The second-order valence-electron chi connectivity index (χ2n) is 5.17. The van der Waals surface area contributed by atoms with Crippen molar-refractivity contribution in [1.82, 2.24) is 19.7 Å². The first-order valence-corrected chi connectivity index (χ1v) is 7.63. The number of pyridine rings is 2. The number of nitrogens with zero attached hydrogens (tertiary/aromatic N) is 3. The minimum atomic E-state index is -0.206. The Kier molecular flexibility index (Phi) is 3.14. The molecule has 1 aromatic carbocycles. The summed E-state index contributed by atoms with van der Waals surface area (Å²) in [6.45, 7) is 1.78. The monoisotopic (exact) mass is 344 g/mol. The van der Waals surface area contributed by atoms with E-state index in [1.165, 1.54) is 0 Å². The van der Waals surface area contributed by atoms with Gasteiger partial charge in [-0.3, -0.25) is 9.78 Å². The summed E-state index contributed by atoms with van der Waals surface area (Å²) in [5, 5.41) is 6.00. The summed E-state index contributed by atoms with van der Waals surface area (Å²) < 4.78 is 1.63. The number of rotatable bonds is 1. The molecular formula is C16H10Cl2N4O. The average molecular weight is 345 g/mol. The second kappa shape index (κ2) is 5.08. The van der Waals surface area contributed by atoms with Gasteiger partial charge in [0.25, 0.3) is 5.56 Å². The third kappa shape index (κ3) is 2.12. The standard InChI is InChI=1S/C16H10Cl2N4O/c1-8-13-15(14-11(20-16(13)23)3-2-6-19-14)22(21-8)12-7-9(17)4-5-10(12)18/h2-7H,1H3,(H,20,23). The molecule has 3 aromatic heterocycles. The molecule has 1 N–H and O–H groups in total. The highest BCUT2D eigenvalue weighted by atomic mass is 35.5. The fourth-order valence-corrected chi connectivity index (χ4v) is 3.08. The number of hydrogen-bond acceptors (Lipinski definition) is 3. The topological polar surface area (TPSA) is 63.6 Å². The smallest absolute Gasteiger partial charge is 0.259 e. The van der Waals surface area contributed by atoms with E-state index in [1.54, 1.807) is 48.1 Å². The molecule has 0 aliphatic heterocycles. The predicted octanol–water partition coefficient (Wildman–Crippen LogP) is 3.88. The zero-order valence-corrected chi connectivity index (χ0v) is 13.5. The first-order chi connectivity index (χ1) is 11.1. The van der Waals surface area contributed by atoms with Gasteiger partial charge in [0.1, 0.15) is 11.0 Å². The third-order valence-corrected chi connectivity index (χ3v) is 4.26. The molecule has 0 bridgehead atoms. The lowest BCUT2D eigenvalue weighted by Gasteiger charge is -2.08. The first kappa shape index (κ1) is 14.2. The van der Waals surface area contributed by atoms with Gasteiger partial charge < -0.3 is 4.98 Å². The van der Waals surface area contributed by atoms with Gasteiger partial charge in [-0.1, -0.05) is 23.2 Å². The molecule has 0 spiro atoms. The molecule has 0 saturated heterocycles. The van der Waals surface area contributed by atoms with Gasteiger partial charge in [-0.05, 0) is 37.3 Å². The number of aromatic nitrogens is 4. The maximum absolute atomic E-state index is 12.4. The molecule has 7 heteroatoms. The lowest BCUT2D eigenvalue weighted by molar-refractivity contribution is 0.890. The van der Waals surface area contributed by atoms with Crippen LogP contribution in [-0.2, 0) is 0 Å². The van der Waals surface area contributed by atoms with Crippen molar-refractivity contribution in [2.75, 3.05) is 0 Å². The minimum absolute atomic E-state index is 0.206. The van der Waals surface area contributed by atoms with Gasteiger partial charge in [0.15, 0.2) is 0 Å². The van der Waals surface area contributed by atoms with Crippen molar-refractivity contribution < 1.29 is 0 Å². The molecule has 23 heavy (non-hydrogen) atoms.